The molecule has 0 aliphatic heterocycles. The van der Waals surface area contributed by atoms with Crippen molar-refractivity contribution >= 4 is 23.2 Å². The van der Waals surface area contributed by atoms with Crippen molar-refractivity contribution < 1.29 is 34.8 Å². The number of Topliss-reactive ketones (excluding diaryl/α,β-unsaturated/α-hetero) is 2. The lowest BCUT2D eigenvalue weighted by atomic mass is 9.54. The van der Waals surface area contributed by atoms with Gasteiger partial charge in [0, 0.05) is 23.3 Å². The van der Waals surface area contributed by atoms with Gasteiger partial charge in [0.25, 0.3) is 5.91 Å². The van der Waals surface area contributed by atoms with Crippen LogP contribution in [0.1, 0.15) is 29.0 Å². The van der Waals surface area contributed by atoms with E-state index in [2.05, 4.69) is 0 Å². The Bertz CT molecular complexity index is 1380. The van der Waals surface area contributed by atoms with Gasteiger partial charge in [-0.25, -0.2) is 0 Å². The molecule has 5 rings (SSSR count). The summed E-state index contributed by atoms with van der Waals surface area (Å²) in [7, 11) is 3.14. The van der Waals surface area contributed by atoms with Crippen molar-refractivity contribution in [2.75, 3.05) is 14.1 Å². The molecule has 6 N–H and O–H groups in total. The molecule has 36 heavy (non-hydrogen) atoms. The van der Waals surface area contributed by atoms with Crippen molar-refractivity contribution in [1.82, 2.24) is 4.90 Å². The third kappa shape index (κ3) is 2.99. The maximum Gasteiger partial charge on any atom is 0.255 e. The van der Waals surface area contributed by atoms with Gasteiger partial charge in [-0.1, -0.05) is 42.5 Å². The van der Waals surface area contributed by atoms with Crippen LogP contribution >= 0.6 is 0 Å². The van der Waals surface area contributed by atoms with Crippen molar-refractivity contribution in [3.05, 3.63) is 82.1 Å². The van der Waals surface area contributed by atoms with E-state index in [-0.39, 0.29) is 23.3 Å². The number of nitrogens with two attached hydrogens (primary N) is 1. The van der Waals surface area contributed by atoms with Gasteiger partial charge in [0.15, 0.2) is 11.4 Å². The number of fused-ring (bicyclic) bond motifs is 3. The van der Waals surface area contributed by atoms with Crippen LogP contribution in [0, 0.1) is 11.8 Å². The van der Waals surface area contributed by atoms with E-state index in [9.17, 15) is 34.8 Å². The summed E-state index contributed by atoms with van der Waals surface area (Å²) in [5, 5.41) is 44.7. The van der Waals surface area contributed by atoms with Crippen LogP contribution in [-0.4, -0.2) is 68.5 Å². The largest absolute Gasteiger partial charge is 0.508 e. The number of aliphatic hydroxyl groups is 3. The summed E-state index contributed by atoms with van der Waals surface area (Å²) in [5.74, 6) is -7.29. The number of phenols is 1. The molecule has 0 bridgehead atoms. The smallest absolute Gasteiger partial charge is 0.255 e. The fourth-order valence-corrected chi connectivity index (χ4v) is 6.30. The Hall–Kier alpha value is -3.95. The number of hydrogen-bond acceptors (Lipinski definition) is 8. The molecular weight excluding hydrogens is 464 g/mol. The van der Waals surface area contributed by atoms with Gasteiger partial charge < -0.3 is 26.2 Å². The summed E-state index contributed by atoms with van der Waals surface area (Å²) < 4.78 is 0. The number of nitrogens with zero attached hydrogens (tertiary/aromatic N) is 1. The molecule has 1 fully saturated rings. The highest BCUT2D eigenvalue weighted by atomic mass is 16.3. The highest BCUT2D eigenvalue weighted by Crippen LogP contribution is 2.57. The number of hydrogen-bond donors (Lipinski definition) is 5. The first-order valence-electron chi connectivity index (χ1n) is 11.5. The zero-order valence-corrected chi connectivity index (χ0v) is 19.7. The molecule has 3 aliphatic carbocycles. The van der Waals surface area contributed by atoms with E-state index in [4.69, 9.17) is 5.73 Å². The molecule has 2 aromatic rings. The molecule has 0 heterocycles. The topological polar surface area (TPSA) is 161 Å². The maximum atomic E-state index is 14.1. The molecule has 5 atom stereocenters. The number of ketones is 2. The third-order valence-corrected chi connectivity index (χ3v) is 7.77. The van der Waals surface area contributed by atoms with Gasteiger partial charge in [0.2, 0.25) is 5.78 Å². The number of amides is 1. The molecule has 0 unspecified atom stereocenters. The number of phenolic OH excluding ortho intramolecular Hbond substituents is 1. The highest BCUT2D eigenvalue weighted by molar-refractivity contribution is 6.24. The fraction of sp³-hybridized carbons (Fsp3) is 0.296. The van der Waals surface area contributed by atoms with E-state index >= 15 is 0 Å². The SMILES string of the molecule is CN(C)[C@@H]1C(=O)C(C(N)=O)=C(O)[C@@]2(O)C(=O)C3=C(O)c4c(O)cccc4[C@H](c4ccccc4)[C@H]3C[C@@H]12. The molecule has 9 nitrogen and oxygen atoms in total. The second kappa shape index (κ2) is 8.04. The summed E-state index contributed by atoms with van der Waals surface area (Å²) in [6, 6.07) is 12.9. The Morgan fingerprint density at radius 1 is 1.03 bits per heavy atom. The Morgan fingerprint density at radius 2 is 1.69 bits per heavy atom. The molecule has 186 valence electrons. The van der Waals surface area contributed by atoms with Gasteiger partial charge in [-0.05, 0) is 37.7 Å². The van der Waals surface area contributed by atoms with E-state index in [1.807, 2.05) is 30.3 Å². The summed E-state index contributed by atoms with van der Waals surface area (Å²) in [6.07, 6.45) is 0.0149. The van der Waals surface area contributed by atoms with Gasteiger partial charge in [0.1, 0.15) is 22.8 Å². The van der Waals surface area contributed by atoms with Gasteiger partial charge in [-0.3, -0.25) is 19.3 Å². The van der Waals surface area contributed by atoms with Gasteiger partial charge in [-0.2, -0.15) is 0 Å². The predicted molar refractivity (Wildman–Crippen MR) is 129 cm³/mol. The molecule has 9 heteroatoms. The molecule has 0 spiro atoms. The molecule has 0 saturated heterocycles. The van der Waals surface area contributed by atoms with E-state index < -0.39 is 64.0 Å². The zero-order valence-electron chi connectivity index (χ0n) is 19.7. The normalized spacial score (nSPS) is 29.7. The Kier molecular flexibility index (Phi) is 5.31. The van der Waals surface area contributed by atoms with Gasteiger partial charge >= 0.3 is 0 Å². The standard InChI is InChI=1S/C27H26N2O7/c1-29(2)21-15-11-14-17(12-7-4-3-5-8-12)13-9-6-10-16(30)18(13)22(31)19(14)24(33)27(15,36)25(34)20(23(21)32)26(28)35/h3-10,14-15,17,21,30-31,34,36H,11H2,1-2H3,(H2,28,35)/t14-,15+,17+,21+,27+/m1/s1. The van der Waals surface area contributed by atoms with Gasteiger partial charge in [-0.15, -0.1) is 0 Å². The third-order valence-electron chi connectivity index (χ3n) is 7.77. The average Bonchev–Trinajstić information content (AvgIpc) is 2.81. The number of primary amides is 1. The quantitative estimate of drug-likeness (QED) is 0.405. The summed E-state index contributed by atoms with van der Waals surface area (Å²) in [4.78, 5) is 40.9. The number of likely N-dealkylation sites (N-methyl/N-ethyl adjacent to an activating group) is 1. The van der Waals surface area contributed by atoms with Gasteiger partial charge in [0.05, 0.1) is 11.6 Å². The molecule has 0 radical (unpaired) electrons. The molecule has 1 amide bonds. The average molecular weight is 491 g/mol. The molecule has 3 aliphatic rings. The Labute approximate surface area is 206 Å². The van der Waals surface area contributed by atoms with Crippen molar-refractivity contribution in [2.24, 2.45) is 17.6 Å². The Morgan fingerprint density at radius 3 is 2.31 bits per heavy atom. The molecule has 2 aromatic carbocycles. The molecular formula is C27H26N2O7. The van der Waals surface area contributed by atoms with Crippen molar-refractivity contribution in [3.63, 3.8) is 0 Å². The lowest BCUT2D eigenvalue weighted by molar-refractivity contribution is -0.154. The van der Waals surface area contributed by atoms with Crippen LogP contribution in [0.2, 0.25) is 0 Å². The van der Waals surface area contributed by atoms with Crippen LogP contribution in [0.3, 0.4) is 0 Å². The van der Waals surface area contributed by atoms with Crippen molar-refractivity contribution in [2.45, 2.75) is 24.0 Å². The number of carbonyl (C=O) groups is 3. The van der Waals surface area contributed by atoms with Crippen LogP contribution in [0.5, 0.6) is 5.75 Å². The minimum atomic E-state index is -2.67. The second-order valence-corrected chi connectivity index (χ2v) is 9.80. The van der Waals surface area contributed by atoms with Crippen molar-refractivity contribution in [3.8, 4) is 5.75 Å². The minimum Gasteiger partial charge on any atom is -0.508 e. The number of aromatic hydroxyl groups is 1. The first kappa shape index (κ1) is 23.8. The van der Waals surface area contributed by atoms with Crippen LogP contribution in [0.15, 0.2) is 65.4 Å². The highest BCUT2D eigenvalue weighted by Gasteiger charge is 2.65. The fourth-order valence-electron chi connectivity index (χ4n) is 6.30. The van der Waals surface area contributed by atoms with Crippen LogP contribution in [0.25, 0.3) is 5.76 Å². The van der Waals surface area contributed by atoms with Crippen LogP contribution < -0.4 is 5.73 Å². The first-order valence-corrected chi connectivity index (χ1v) is 11.5. The summed E-state index contributed by atoms with van der Waals surface area (Å²) in [6.45, 7) is 0. The monoisotopic (exact) mass is 490 g/mol. The molecule has 0 aromatic heterocycles. The Balaban J connectivity index is 1.82. The first-order chi connectivity index (χ1) is 17.0. The number of aliphatic hydroxyl groups excluding tert-OH is 2. The number of rotatable bonds is 3. The minimum absolute atomic E-state index is 0.0149. The van der Waals surface area contributed by atoms with Crippen LogP contribution in [-0.2, 0) is 14.4 Å². The lowest BCUT2D eigenvalue weighted by Crippen LogP contribution is -2.66. The summed E-state index contributed by atoms with van der Waals surface area (Å²) >= 11 is 0. The van der Waals surface area contributed by atoms with Crippen molar-refractivity contribution in [1.29, 1.82) is 0 Å². The number of benzene rings is 2. The molecule has 1 saturated carbocycles. The maximum absolute atomic E-state index is 14.1. The zero-order chi connectivity index (χ0) is 26.1. The van der Waals surface area contributed by atoms with E-state index in [0.29, 0.717) is 5.56 Å². The van der Waals surface area contributed by atoms with E-state index in [0.717, 1.165) is 5.56 Å². The van der Waals surface area contributed by atoms with Crippen LogP contribution in [0.4, 0.5) is 0 Å². The lowest BCUT2D eigenvalue weighted by Gasteiger charge is -2.51. The predicted octanol–water partition coefficient (Wildman–Crippen LogP) is 1.55. The summed E-state index contributed by atoms with van der Waals surface area (Å²) in [5.41, 5.74) is 3.13. The van der Waals surface area contributed by atoms with E-state index in [1.54, 1.807) is 26.2 Å². The van der Waals surface area contributed by atoms with E-state index in [1.165, 1.54) is 11.0 Å². The number of carbonyl (C=O) groups excluding carboxylic acids is 3. The second-order valence-electron chi connectivity index (χ2n) is 9.80.